The number of carbonyl (C=O) groups is 1. The first kappa shape index (κ1) is 15.9. The van der Waals surface area contributed by atoms with Gasteiger partial charge in [-0.2, -0.15) is 0 Å². The second kappa shape index (κ2) is 5.91. The van der Waals surface area contributed by atoms with Crippen LogP contribution in [0.5, 0.6) is 5.75 Å². The number of aromatic nitrogens is 1. The van der Waals surface area contributed by atoms with Crippen molar-refractivity contribution in [1.29, 1.82) is 0 Å². The van der Waals surface area contributed by atoms with Gasteiger partial charge >= 0.3 is 0 Å². The average Bonchev–Trinajstić information content (AvgIpc) is 3.04. The topological polar surface area (TPSA) is 114 Å². The third-order valence-corrected chi connectivity index (χ3v) is 5.36. The lowest BCUT2D eigenvalue weighted by Gasteiger charge is -2.12. The number of aromatic hydroxyl groups is 1. The van der Waals surface area contributed by atoms with Crippen LogP contribution in [-0.4, -0.2) is 36.7 Å². The molecule has 1 amide bonds. The molecule has 1 atom stereocenters. The second-order valence-electron chi connectivity index (χ2n) is 5.47. The molecule has 3 rings (SSSR count). The van der Waals surface area contributed by atoms with Gasteiger partial charge in [0.15, 0.2) is 5.13 Å². The maximum Gasteiger partial charge on any atom is 0.229 e. The summed E-state index contributed by atoms with van der Waals surface area (Å²) in [6.45, 7) is 0.303. The molecule has 9 heteroatoms. The van der Waals surface area contributed by atoms with Gasteiger partial charge in [-0.15, -0.1) is 11.3 Å². The Hall–Kier alpha value is -1.97. The number of benzene rings is 1. The predicted molar refractivity (Wildman–Crippen MR) is 87.6 cm³/mol. The minimum Gasteiger partial charge on any atom is -0.508 e. The third kappa shape index (κ3) is 3.69. The van der Waals surface area contributed by atoms with Crippen LogP contribution in [0.2, 0.25) is 0 Å². The lowest BCUT2D eigenvalue weighted by Crippen LogP contribution is -2.27. The third-order valence-electron chi connectivity index (χ3n) is 3.56. The fourth-order valence-corrected chi connectivity index (χ4v) is 4.30. The van der Waals surface area contributed by atoms with Gasteiger partial charge in [0.25, 0.3) is 0 Å². The van der Waals surface area contributed by atoms with Gasteiger partial charge in [0.1, 0.15) is 5.75 Å². The van der Waals surface area contributed by atoms with Crippen LogP contribution in [0, 0.1) is 5.92 Å². The number of primary sulfonamides is 1. The molecule has 122 valence electrons. The highest BCUT2D eigenvalue weighted by Gasteiger charge is 2.34. The van der Waals surface area contributed by atoms with E-state index < -0.39 is 10.0 Å². The average molecular weight is 353 g/mol. The second-order valence-corrected chi connectivity index (χ2v) is 7.96. The lowest BCUT2D eigenvalue weighted by atomic mass is 10.1. The van der Waals surface area contributed by atoms with Crippen molar-refractivity contribution in [2.45, 2.75) is 6.42 Å². The molecule has 0 saturated carbocycles. The molecule has 2 heterocycles. The molecule has 3 N–H and O–H groups in total. The molecule has 0 spiro atoms. The van der Waals surface area contributed by atoms with Gasteiger partial charge in [-0.1, -0.05) is 0 Å². The van der Waals surface area contributed by atoms with Crippen molar-refractivity contribution in [2.75, 3.05) is 17.2 Å². The van der Waals surface area contributed by atoms with Crippen molar-refractivity contribution in [3.05, 3.63) is 29.6 Å². The Bertz CT molecular complexity index is 830. The summed E-state index contributed by atoms with van der Waals surface area (Å²) in [6.07, 6.45) is 0.157. The Balaban J connectivity index is 1.78. The first-order valence-electron chi connectivity index (χ1n) is 6.87. The molecular formula is C14H15N3O4S2. The van der Waals surface area contributed by atoms with Crippen LogP contribution < -0.4 is 10.0 Å². The van der Waals surface area contributed by atoms with Gasteiger partial charge in [-0.25, -0.2) is 18.5 Å². The number of hydrogen-bond acceptors (Lipinski definition) is 6. The molecule has 7 nitrogen and oxygen atoms in total. The standard InChI is InChI=1S/C14H15N3O4S2/c15-23(20,21)8-9-5-13(19)17(6-9)14-16-12(7-22-14)10-1-3-11(18)4-2-10/h1-4,7,9,18H,5-6,8H2,(H2,15,20,21). The molecule has 0 radical (unpaired) electrons. The number of sulfonamides is 1. The molecule has 1 saturated heterocycles. The molecule has 1 aromatic heterocycles. The molecule has 2 aromatic rings. The number of anilines is 1. The number of rotatable bonds is 4. The Morgan fingerprint density at radius 2 is 2.04 bits per heavy atom. The van der Waals surface area contributed by atoms with E-state index in [4.69, 9.17) is 5.14 Å². The van der Waals surface area contributed by atoms with E-state index in [0.29, 0.717) is 17.4 Å². The largest absolute Gasteiger partial charge is 0.508 e. The number of hydrogen-bond donors (Lipinski definition) is 2. The van der Waals surface area contributed by atoms with Gasteiger partial charge in [0.2, 0.25) is 15.9 Å². The van der Waals surface area contributed by atoms with Crippen molar-refractivity contribution in [2.24, 2.45) is 11.1 Å². The Morgan fingerprint density at radius 1 is 1.35 bits per heavy atom. The van der Waals surface area contributed by atoms with Gasteiger partial charge in [-0.3, -0.25) is 9.69 Å². The maximum absolute atomic E-state index is 12.1. The van der Waals surface area contributed by atoms with Gasteiger partial charge in [0.05, 0.1) is 11.4 Å². The molecule has 0 bridgehead atoms. The first-order valence-corrected chi connectivity index (χ1v) is 9.47. The van der Waals surface area contributed by atoms with E-state index in [9.17, 15) is 18.3 Å². The zero-order valence-corrected chi connectivity index (χ0v) is 13.7. The normalized spacial score (nSPS) is 18.6. The van der Waals surface area contributed by atoms with Crippen molar-refractivity contribution in [3.63, 3.8) is 0 Å². The summed E-state index contributed by atoms with van der Waals surface area (Å²) in [7, 11) is -3.60. The van der Waals surface area contributed by atoms with Crippen LogP contribution in [0.4, 0.5) is 5.13 Å². The van der Waals surface area contributed by atoms with Crippen LogP contribution in [0.15, 0.2) is 29.6 Å². The molecule has 1 aliphatic heterocycles. The van der Waals surface area contributed by atoms with Crippen LogP contribution in [0.25, 0.3) is 11.3 Å². The highest BCUT2D eigenvalue weighted by molar-refractivity contribution is 7.89. The van der Waals surface area contributed by atoms with Gasteiger partial charge in [0, 0.05) is 29.8 Å². The zero-order chi connectivity index (χ0) is 16.6. The number of carbonyl (C=O) groups excluding carboxylic acids is 1. The minimum atomic E-state index is -3.60. The fourth-order valence-electron chi connectivity index (χ4n) is 2.56. The number of phenolic OH excluding ortho intramolecular Hbond substituents is 1. The smallest absolute Gasteiger partial charge is 0.229 e. The monoisotopic (exact) mass is 353 g/mol. The molecular weight excluding hydrogens is 338 g/mol. The van der Waals surface area contributed by atoms with E-state index in [1.54, 1.807) is 24.3 Å². The van der Waals surface area contributed by atoms with E-state index in [1.807, 2.05) is 5.38 Å². The summed E-state index contributed by atoms with van der Waals surface area (Å²) in [5.41, 5.74) is 1.53. The van der Waals surface area contributed by atoms with Crippen LogP contribution in [0.1, 0.15) is 6.42 Å². The molecule has 1 fully saturated rings. The number of thiazole rings is 1. The molecule has 0 aliphatic carbocycles. The summed E-state index contributed by atoms with van der Waals surface area (Å²) < 4.78 is 22.3. The summed E-state index contributed by atoms with van der Waals surface area (Å²) in [5.74, 6) is -0.487. The summed E-state index contributed by atoms with van der Waals surface area (Å²) >= 11 is 1.32. The lowest BCUT2D eigenvalue weighted by molar-refractivity contribution is -0.117. The van der Waals surface area contributed by atoms with Crippen molar-refractivity contribution in [1.82, 2.24) is 4.98 Å². The quantitative estimate of drug-likeness (QED) is 0.856. The Kier molecular flexibility index (Phi) is 4.09. The van der Waals surface area contributed by atoms with Crippen molar-refractivity contribution in [3.8, 4) is 17.0 Å². The summed E-state index contributed by atoms with van der Waals surface area (Å²) in [6, 6.07) is 6.61. The number of nitrogens with two attached hydrogens (primary N) is 1. The van der Waals surface area contributed by atoms with Crippen molar-refractivity contribution < 1.29 is 18.3 Å². The minimum absolute atomic E-state index is 0.148. The zero-order valence-electron chi connectivity index (χ0n) is 12.0. The maximum atomic E-state index is 12.1. The van der Waals surface area contributed by atoms with Crippen molar-refractivity contribution >= 4 is 32.4 Å². The van der Waals surface area contributed by atoms with Gasteiger partial charge < -0.3 is 5.11 Å². The highest BCUT2D eigenvalue weighted by atomic mass is 32.2. The van der Waals surface area contributed by atoms with E-state index in [2.05, 4.69) is 4.98 Å². The van der Waals surface area contributed by atoms with E-state index in [-0.39, 0.29) is 29.7 Å². The predicted octanol–water partition coefficient (Wildman–Crippen LogP) is 1.16. The number of nitrogens with zero attached hydrogens (tertiary/aromatic N) is 2. The SMILES string of the molecule is NS(=O)(=O)CC1CC(=O)N(c2nc(-c3ccc(O)cc3)cs2)C1. The van der Waals surface area contributed by atoms with E-state index in [1.165, 1.54) is 16.2 Å². The highest BCUT2D eigenvalue weighted by Crippen LogP contribution is 2.32. The van der Waals surface area contributed by atoms with Crippen LogP contribution in [0.3, 0.4) is 0 Å². The van der Waals surface area contributed by atoms with Crippen LogP contribution >= 0.6 is 11.3 Å². The molecule has 23 heavy (non-hydrogen) atoms. The number of phenols is 1. The Labute approximate surface area is 137 Å². The van der Waals surface area contributed by atoms with E-state index >= 15 is 0 Å². The first-order chi connectivity index (χ1) is 10.8. The van der Waals surface area contributed by atoms with E-state index in [0.717, 1.165) is 5.56 Å². The molecule has 1 unspecified atom stereocenters. The van der Waals surface area contributed by atoms with Gasteiger partial charge in [-0.05, 0) is 24.3 Å². The Morgan fingerprint density at radius 3 is 2.70 bits per heavy atom. The summed E-state index contributed by atoms with van der Waals surface area (Å²) in [5, 5.41) is 16.7. The molecule has 1 aliphatic rings. The number of amides is 1. The summed E-state index contributed by atoms with van der Waals surface area (Å²) in [4.78, 5) is 18.0. The molecule has 1 aromatic carbocycles. The fraction of sp³-hybridized carbons (Fsp3) is 0.286. The van der Waals surface area contributed by atoms with Crippen LogP contribution in [-0.2, 0) is 14.8 Å².